The van der Waals surface area contributed by atoms with Crippen molar-refractivity contribution in [3.8, 4) is 5.75 Å². The van der Waals surface area contributed by atoms with E-state index in [9.17, 15) is 4.79 Å². The first-order valence-corrected chi connectivity index (χ1v) is 7.59. The quantitative estimate of drug-likeness (QED) is 0.870. The summed E-state index contributed by atoms with van der Waals surface area (Å²) >= 11 is 0. The summed E-state index contributed by atoms with van der Waals surface area (Å²) in [5.41, 5.74) is 2.06. The van der Waals surface area contributed by atoms with Crippen LogP contribution in [0.2, 0.25) is 0 Å². The van der Waals surface area contributed by atoms with Gasteiger partial charge in [-0.3, -0.25) is 9.48 Å². The van der Waals surface area contributed by atoms with E-state index in [0.717, 1.165) is 36.3 Å². The lowest BCUT2D eigenvalue weighted by Crippen LogP contribution is -2.31. The number of hydrogen-bond donors (Lipinski definition) is 0. The molecule has 0 saturated carbocycles. The molecule has 1 amide bonds. The molecule has 2 heterocycles. The molecule has 0 N–H and O–H groups in total. The van der Waals surface area contributed by atoms with Gasteiger partial charge in [-0.2, -0.15) is 5.10 Å². The van der Waals surface area contributed by atoms with E-state index in [1.54, 1.807) is 11.8 Å². The summed E-state index contributed by atoms with van der Waals surface area (Å²) in [5, 5.41) is 4.23. The van der Waals surface area contributed by atoms with Crippen molar-refractivity contribution in [3.63, 3.8) is 0 Å². The Labute approximate surface area is 130 Å². The number of para-hydroxylation sites is 1. The number of carbonyl (C=O) groups is 1. The molecule has 2 aromatic rings. The van der Waals surface area contributed by atoms with E-state index in [4.69, 9.17) is 4.74 Å². The average molecular weight is 299 g/mol. The second-order valence-corrected chi connectivity index (χ2v) is 5.68. The summed E-state index contributed by atoms with van der Waals surface area (Å²) in [4.78, 5) is 14.7. The van der Waals surface area contributed by atoms with Crippen LogP contribution >= 0.6 is 0 Å². The van der Waals surface area contributed by atoms with Gasteiger partial charge < -0.3 is 9.64 Å². The summed E-state index contributed by atoms with van der Waals surface area (Å²) in [5.74, 6) is 0.920. The van der Waals surface area contributed by atoms with Crippen LogP contribution in [0.15, 0.2) is 36.7 Å². The molecule has 0 radical (unpaired) electrons. The Morgan fingerprint density at radius 1 is 1.41 bits per heavy atom. The fraction of sp³-hybridized carbons (Fsp3) is 0.412. The number of rotatable bonds is 4. The molecule has 1 aromatic carbocycles. The van der Waals surface area contributed by atoms with Crippen LogP contribution in [0.3, 0.4) is 0 Å². The van der Waals surface area contributed by atoms with Gasteiger partial charge in [-0.25, -0.2) is 0 Å². The molecule has 1 aliphatic rings. The van der Waals surface area contributed by atoms with Crippen molar-refractivity contribution in [1.82, 2.24) is 14.7 Å². The smallest absolute Gasteiger partial charge is 0.227 e. The van der Waals surface area contributed by atoms with Gasteiger partial charge in [-0.1, -0.05) is 18.2 Å². The lowest BCUT2D eigenvalue weighted by atomic mass is 10.1. The molecule has 1 aliphatic heterocycles. The maximum absolute atomic E-state index is 12.7. The SMILES string of the molecule is COc1ccccc1CC(=O)N1CCC[C@@H]1c1cnn(C)c1. The molecule has 5 heteroatoms. The number of amides is 1. The Hall–Kier alpha value is -2.30. The van der Waals surface area contributed by atoms with Crippen LogP contribution in [0.1, 0.15) is 30.0 Å². The van der Waals surface area contributed by atoms with E-state index in [1.165, 1.54) is 0 Å². The molecule has 22 heavy (non-hydrogen) atoms. The predicted octanol–water partition coefficient (Wildman–Crippen LogP) is 2.33. The molecule has 0 unspecified atom stereocenters. The van der Waals surface area contributed by atoms with E-state index in [-0.39, 0.29) is 11.9 Å². The summed E-state index contributed by atoms with van der Waals surface area (Å²) in [6, 6.07) is 7.85. The number of aryl methyl sites for hydroxylation is 1. The number of aromatic nitrogens is 2. The zero-order chi connectivity index (χ0) is 15.5. The summed E-state index contributed by atoms with van der Waals surface area (Å²) in [7, 11) is 3.54. The second kappa shape index (κ2) is 6.22. The summed E-state index contributed by atoms with van der Waals surface area (Å²) < 4.78 is 7.13. The van der Waals surface area contributed by atoms with Crippen molar-refractivity contribution in [2.45, 2.75) is 25.3 Å². The summed E-state index contributed by atoms with van der Waals surface area (Å²) in [6.07, 6.45) is 6.28. The first kappa shape index (κ1) is 14.6. The van der Waals surface area contributed by atoms with Gasteiger partial charge in [-0.15, -0.1) is 0 Å². The normalized spacial score (nSPS) is 17.7. The van der Waals surface area contributed by atoms with Crippen LogP contribution in [-0.4, -0.2) is 34.2 Å². The lowest BCUT2D eigenvalue weighted by molar-refractivity contribution is -0.131. The number of hydrogen-bond acceptors (Lipinski definition) is 3. The van der Waals surface area contributed by atoms with Gasteiger partial charge in [-0.05, 0) is 18.9 Å². The fourth-order valence-corrected chi connectivity index (χ4v) is 3.14. The predicted molar refractivity (Wildman–Crippen MR) is 83.6 cm³/mol. The van der Waals surface area contributed by atoms with E-state index in [2.05, 4.69) is 5.10 Å². The number of benzene rings is 1. The first-order chi connectivity index (χ1) is 10.7. The van der Waals surface area contributed by atoms with Gasteiger partial charge in [0.05, 0.1) is 25.8 Å². The molecule has 1 aromatic heterocycles. The molecule has 116 valence electrons. The minimum absolute atomic E-state index is 0.149. The Morgan fingerprint density at radius 2 is 2.23 bits per heavy atom. The van der Waals surface area contributed by atoms with Crippen molar-refractivity contribution < 1.29 is 9.53 Å². The minimum atomic E-state index is 0.149. The van der Waals surface area contributed by atoms with E-state index in [1.807, 2.05) is 48.6 Å². The van der Waals surface area contributed by atoms with E-state index in [0.29, 0.717) is 6.42 Å². The van der Waals surface area contributed by atoms with Crippen molar-refractivity contribution >= 4 is 5.91 Å². The topological polar surface area (TPSA) is 47.4 Å². The molecule has 0 spiro atoms. The van der Waals surface area contributed by atoms with Crippen molar-refractivity contribution in [1.29, 1.82) is 0 Å². The zero-order valence-electron chi connectivity index (χ0n) is 13.0. The Kier molecular flexibility index (Phi) is 4.13. The maximum atomic E-state index is 12.7. The molecule has 0 bridgehead atoms. The second-order valence-electron chi connectivity index (χ2n) is 5.68. The monoisotopic (exact) mass is 299 g/mol. The average Bonchev–Trinajstić information content (AvgIpc) is 3.16. The minimum Gasteiger partial charge on any atom is -0.496 e. The van der Waals surface area contributed by atoms with Crippen LogP contribution in [0.25, 0.3) is 0 Å². The molecular formula is C17H21N3O2. The molecule has 3 rings (SSSR count). The van der Waals surface area contributed by atoms with Crippen molar-refractivity contribution in [3.05, 3.63) is 47.8 Å². The third kappa shape index (κ3) is 2.84. The molecular weight excluding hydrogens is 278 g/mol. The van der Waals surface area contributed by atoms with Gasteiger partial charge in [0.25, 0.3) is 0 Å². The van der Waals surface area contributed by atoms with Crippen LogP contribution in [0.4, 0.5) is 0 Å². The molecule has 1 atom stereocenters. The Morgan fingerprint density at radius 3 is 2.95 bits per heavy atom. The standard InChI is InChI=1S/C17H21N3O2/c1-19-12-14(11-18-19)15-7-5-9-20(15)17(21)10-13-6-3-4-8-16(13)22-2/h3-4,6,8,11-12,15H,5,7,9-10H2,1-2H3/t15-/m1/s1. The van der Waals surface area contributed by atoms with Gasteiger partial charge in [0.2, 0.25) is 5.91 Å². The van der Waals surface area contributed by atoms with Crippen LogP contribution in [0, 0.1) is 0 Å². The van der Waals surface area contributed by atoms with Crippen LogP contribution in [-0.2, 0) is 18.3 Å². The third-order valence-electron chi connectivity index (χ3n) is 4.22. The highest BCUT2D eigenvalue weighted by molar-refractivity contribution is 5.80. The molecule has 1 saturated heterocycles. The van der Waals surface area contributed by atoms with Crippen molar-refractivity contribution in [2.24, 2.45) is 7.05 Å². The first-order valence-electron chi connectivity index (χ1n) is 7.59. The molecule has 5 nitrogen and oxygen atoms in total. The zero-order valence-corrected chi connectivity index (χ0v) is 13.0. The number of likely N-dealkylation sites (tertiary alicyclic amines) is 1. The lowest BCUT2D eigenvalue weighted by Gasteiger charge is -2.24. The number of carbonyl (C=O) groups excluding carboxylic acids is 1. The van der Waals surface area contributed by atoms with Crippen molar-refractivity contribution in [2.75, 3.05) is 13.7 Å². The van der Waals surface area contributed by atoms with Crippen LogP contribution in [0.5, 0.6) is 5.75 Å². The summed E-state index contributed by atoms with van der Waals surface area (Å²) in [6.45, 7) is 0.813. The number of methoxy groups -OCH3 is 1. The third-order valence-corrected chi connectivity index (χ3v) is 4.22. The van der Waals surface area contributed by atoms with Gasteiger partial charge in [0, 0.05) is 30.9 Å². The van der Waals surface area contributed by atoms with Gasteiger partial charge in [0.15, 0.2) is 0 Å². The highest BCUT2D eigenvalue weighted by Crippen LogP contribution is 2.32. The highest BCUT2D eigenvalue weighted by atomic mass is 16.5. The van der Waals surface area contributed by atoms with E-state index >= 15 is 0 Å². The maximum Gasteiger partial charge on any atom is 0.227 e. The highest BCUT2D eigenvalue weighted by Gasteiger charge is 2.30. The number of nitrogens with zero attached hydrogens (tertiary/aromatic N) is 3. The van der Waals surface area contributed by atoms with Crippen LogP contribution < -0.4 is 4.74 Å². The largest absolute Gasteiger partial charge is 0.496 e. The van der Waals surface area contributed by atoms with Gasteiger partial charge >= 0.3 is 0 Å². The molecule has 0 aliphatic carbocycles. The Bertz CT molecular complexity index is 665. The van der Waals surface area contributed by atoms with E-state index < -0.39 is 0 Å². The fourth-order valence-electron chi connectivity index (χ4n) is 3.14. The number of ether oxygens (including phenoxy) is 1. The van der Waals surface area contributed by atoms with Gasteiger partial charge in [0.1, 0.15) is 5.75 Å². The molecule has 1 fully saturated rings. The Balaban J connectivity index is 1.76.